The molecule has 0 bridgehead atoms. The molecule has 0 fully saturated rings. The van der Waals surface area contributed by atoms with Gasteiger partial charge >= 0.3 is 0 Å². The lowest BCUT2D eigenvalue weighted by molar-refractivity contribution is -0.117. The minimum atomic E-state index is -0.182. The fourth-order valence-corrected chi connectivity index (χ4v) is 1.80. The predicted molar refractivity (Wildman–Crippen MR) is 60.6 cm³/mol. The van der Waals surface area contributed by atoms with E-state index < -0.39 is 0 Å². The van der Waals surface area contributed by atoms with Gasteiger partial charge in [-0.25, -0.2) is 0 Å². The van der Waals surface area contributed by atoms with Crippen LogP contribution in [-0.2, 0) is 11.2 Å². The Labute approximate surface area is 88.3 Å². The fraction of sp³-hybridized carbons (Fsp3) is 0.167. The highest BCUT2D eigenvalue weighted by atomic mass is 16.1. The smallest absolute Gasteiger partial charge is 0.252 e. The number of benzene rings is 1. The van der Waals surface area contributed by atoms with Gasteiger partial charge in [-0.15, -0.1) is 0 Å². The van der Waals surface area contributed by atoms with Crippen LogP contribution in [-0.4, -0.2) is 11.7 Å². The van der Waals surface area contributed by atoms with Crippen molar-refractivity contribution in [3.63, 3.8) is 0 Å². The summed E-state index contributed by atoms with van der Waals surface area (Å²) in [6.45, 7) is 5.81. The molecule has 0 aromatic heterocycles. The summed E-state index contributed by atoms with van der Waals surface area (Å²) in [5, 5.41) is 0. The van der Waals surface area contributed by atoms with Crippen LogP contribution >= 0.6 is 0 Å². The number of fused-ring (bicyclic) bond motifs is 1. The van der Waals surface area contributed by atoms with Crippen LogP contribution in [0.5, 0.6) is 0 Å². The zero-order valence-corrected chi connectivity index (χ0v) is 8.58. The summed E-state index contributed by atoms with van der Waals surface area (Å²) >= 11 is 0. The van der Waals surface area contributed by atoms with Crippen LogP contribution in [0, 0.1) is 0 Å². The highest BCUT2D eigenvalue weighted by Gasteiger charge is 2.19. The Kier molecular flexibility index (Phi) is 2.15. The second-order valence-electron chi connectivity index (χ2n) is 3.69. The fourth-order valence-electron chi connectivity index (χ4n) is 1.80. The molecule has 1 heterocycles. The molecule has 1 aliphatic heterocycles. The monoisotopic (exact) mass is 200 g/mol. The maximum Gasteiger partial charge on any atom is 0.252 e. The third-order valence-electron chi connectivity index (χ3n) is 2.45. The number of nitrogens with two attached hydrogens (primary N) is 1. The Morgan fingerprint density at radius 1 is 1.53 bits per heavy atom. The summed E-state index contributed by atoms with van der Waals surface area (Å²) in [5.41, 5.74) is 9.47. The van der Waals surface area contributed by atoms with Gasteiger partial charge in [0.2, 0.25) is 0 Å². The van der Waals surface area contributed by atoms with E-state index in [9.17, 15) is 4.79 Å². The topological polar surface area (TPSA) is 55.4 Å². The van der Waals surface area contributed by atoms with Gasteiger partial charge < -0.3 is 5.73 Å². The lowest BCUT2D eigenvalue weighted by Gasteiger charge is -2.16. The Morgan fingerprint density at radius 3 is 2.93 bits per heavy atom. The molecule has 1 aromatic rings. The summed E-state index contributed by atoms with van der Waals surface area (Å²) in [5.74, 6) is 0.124. The molecule has 3 nitrogen and oxygen atoms in total. The Bertz CT molecular complexity index is 486. The first kappa shape index (κ1) is 9.65. The molecule has 0 saturated carbocycles. The van der Waals surface area contributed by atoms with Gasteiger partial charge in [-0.3, -0.25) is 4.79 Å². The van der Waals surface area contributed by atoms with Crippen molar-refractivity contribution in [2.75, 3.05) is 0 Å². The lowest BCUT2D eigenvalue weighted by atomic mass is 9.92. The second-order valence-corrected chi connectivity index (χ2v) is 3.69. The number of hydrogen-bond acceptors (Lipinski definition) is 2. The van der Waals surface area contributed by atoms with E-state index in [0.717, 1.165) is 22.3 Å². The van der Waals surface area contributed by atoms with Crippen LogP contribution in [0.3, 0.4) is 0 Å². The van der Waals surface area contributed by atoms with Crippen LogP contribution in [0.15, 0.2) is 29.8 Å². The molecule has 1 amide bonds. The van der Waals surface area contributed by atoms with E-state index in [0.29, 0.717) is 12.3 Å². The van der Waals surface area contributed by atoms with Gasteiger partial charge in [0.15, 0.2) is 0 Å². The van der Waals surface area contributed by atoms with Crippen molar-refractivity contribution in [3.05, 3.63) is 41.5 Å². The Morgan fingerprint density at radius 2 is 2.27 bits per heavy atom. The first-order valence-electron chi connectivity index (χ1n) is 4.74. The van der Waals surface area contributed by atoms with Crippen LogP contribution in [0.2, 0.25) is 0 Å². The van der Waals surface area contributed by atoms with Gasteiger partial charge in [0.1, 0.15) is 5.84 Å². The van der Waals surface area contributed by atoms with E-state index in [2.05, 4.69) is 11.6 Å². The van der Waals surface area contributed by atoms with Crippen molar-refractivity contribution in [3.8, 4) is 0 Å². The van der Waals surface area contributed by atoms with Crippen molar-refractivity contribution in [1.29, 1.82) is 0 Å². The molecule has 15 heavy (non-hydrogen) atoms. The van der Waals surface area contributed by atoms with Crippen molar-refractivity contribution in [1.82, 2.24) is 0 Å². The van der Waals surface area contributed by atoms with E-state index in [1.807, 2.05) is 25.1 Å². The van der Waals surface area contributed by atoms with Crippen molar-refractivity contribution < 1.29 is 4.79 Å². The highest BCUT2D eigenvalue weighted by molar-refractivity contribution is 6.11. The quantitative estimate of drug-likeness (QED) is 0.747. The number of amides is 1. The van der Waals surface area contributed by atoms with Gasteiger partial charge in [0, 0.05) is 5.56 Å². The first-order valence-corrected chi connectivity index (χ1v) is 4.74. The van der Waals surface area contributed by atoms with Gasteiger partial charge in [-0.05, 0) is 18.1 Å². The van der Waals surface area contributed by atoms with Crippen molar-refractivity contribution in [2.45, 2.75) is 13.3 Å². The Hall–Kier alpha value is -1.90. The van der Waals surface area contributed by atoms with E-state index >= 15 is 0 Å². The zero-order chi connectivity index (χ0) is 11.0. The largest absolute Gasteiger partial charge is 0.383 e. The van der Waals surface area contributed by atoms with Gasteiger partial charge in [-0.1, -0.05) is 30.4 Å². The summed E-state index contributed by atoms with van der Waals surface area (Å²) in [6, 6.07) is 5.76. The number of carbonyl (C=O) groups is 1. The maximum atomic E-state index is 11.2. The minimum absolute atomic E-state index is 0.182. The average Bonchev–Trinajstić information content (AvgIpc) is 2.16. The molecule has 3 heteroatoms. The molecule has 1 aromatic carbocycles. The number of aliphatic imine (C=N–C) groups is 1. The second kappa shape index (κ2) is 3.35. The molecule has 0 radical (unpaired) electrons. The highest BCUT2D eigenvalue weighted by Crippen LogP contribution is 2.24. The lowest BCUT2D eigenvalue weighted by Crippen LogP contribution is -2.25. The molecule has 0 aliphatic carbocycles. The van der Waals surface area contributed by atoms with Gasteiger partial charge in [-0.2, -0.15) is 4.99 Å². The molecule has 0 spiro atoms. The standard InChI is InChI=1S/C12H12N2O/c1-7(2)9-5-3-4-8-6-10(15)14-12(13)11(8)9/h3-5H,1,6H2,2H3,(H2,13,14,15). The van der Waals surface area contributed by atoms with E-state index in [1.54, 1.807) is 0 Å². The molecular weight excluding hydrogens is 188 g/mol. The SMILES string of the molecule is C=C(C)c1cccc2c1C(N)=NC(=O)C2. The number of amidine groups is 1. The van der Waals surface area contributed by atoms with Crippen LogP contribution in [0.1, 0.15) is 23.6 Å². The third-order valence-corrected chi connectivity index (χ3v) is 2.45. The zero-order valence-electron chi connectivity index (χ0n) is 8.58. The maximum absolute atomic E-state index is 11.2. The van der Waals surface area contributed by atoms with Crippen LogP contribution < -0.4 is 5.73 Å². The predicted octanol–water partition coefficient (Wildman–Crippen LogP) is 1.51. The molecular formula is C12H12N2O. The number of carbonyl (C=O) groups excluding carboxylic acids is 1. The van der Waals surface area contributed by atoms with E-state index in [4.69, 9.17) is 5.73 Å². The number of rotatable bonds is 1. The molecule has 0 unspecified atom stereocenters. The van der Waals surface area contributed by atoms with Gasteiger partial charge in [0.25, 0.3) is 5.91 Å². The molecule has 76 valence electrons. The third kappa shape index (κ3) is 1.56. The molecule has 0 saturated heterocycles. The summed E-state index contributed by atoms with van der Waals surface area (Å²) in [6.07, 6.45) is 0.331. The number of nitrogens with zero attached hydrogens (tertiary/aromatic N) is 1. The summed E-state index contributed by atoms with van der Waals surface area (Å²) < 4.78 is 0. The van der Waals surface area contributed by atoms with E-state index in [-0.39, 0.29) is 5.91 Å². The average molecular weight is 200 g/mol. The van der Waals surface area contributed by atoms with Crippen LogP contribution in [0.25, 0.3) is 5.57 Å². The van der Waals surface area contributed by atoms with Crippen molar-refractivity contribution in [2.24, 2.45) is 10.7 Å². The summed E-state index contributed by atoms with van der Waals surface area (Å²) in [4.78, 5) is 15.0. The summed E-state index contributed by atoms with van der Waals surface area (Å²) in [7, 11) is 0. The minimum Gasteiger partial charge on any atom is -0.383 e. The molecule has 2 N–H and O–H groups in total. The first-order chi connectivity index (χ1) is 7.09. The number of allylic oxidation sites excluding steroid dienone is 1. The molecule has 1 aliphatic rings. The molecule has 2 rings (SSSR count). The molecule has 0 atom stereocenters. The van der Waals surface area contributed by atoms with Crippen molar-refractivity contribution >= 4 is 17.3 Å². The number of hydrogen-bond donors (Lipinski definition) is 1. The van der Waals surface area contributed by atoms with Gasteiger partial charge in [0.05, 0.1) is 6.42 Å². The normalized spacial score (nSPS) is 14.5. The van der Waals surface area contributed by atoms with E-state index in [1.165, 1.54) is 0 Å². The Balaban J connectivity index is 2.69. The van der Waals surface area contributed by atoms with Crippen LogP contribution in [0.4, 0.5) is 0 Å².